The first kappa shape index (κ1) is 22.6. The number of hydrogen-bond acceptors (Lipinski definition) is 5. The Kier molecular flexibility index (Phi) is 11.9. The molecular weight excluding hydrogens is 350 g/mol. The molecule has 26 heavy (non-hydrogen) atoms. The van der Waals surface area contributed by atoms with Crippen LogP contribution in [0.3, 0.4) is 0 Å². The highest BCUT2D eigenvalue weighted by Crippen LogP contribution is 2.08. The van der Waals surface area contributed by atoms with Crippen molar-refractivity contribution < 1.29 is 19.2 Å². The number of thiophene rings is 1. The van der Waals surface area contributed by atoms with E-state index in [0.717, 1.165) is 32.5 Å². The van der Waals surface area contributed by atoms with Crippen molar-refractivity contribution in [3.05, 3.63) is 22.4 Å². The van der Waals surface area contributed by atoms with E-state index in [4.69, 9.17) is 9.47 Å². The SMILES string of the molecule is CCOCCOC(=N[C@@H](C)CCC[NH+](CC)CC)NC(=O)c1cccs1. The number of amidine groups is 1. The summed E-state index contributed by atoms with van der Waals surface area (Å²) in [6.45, 7) is 13.4. The van der Waals surface area contributed by atoms with Crippen LogP contribution in [0.25, 0.3) is 0 Å². The fraction of sp³-hybridized carbons (Fsp3) is 0.684. The normalized spacial score (nSPS) is 13.0. The number of quaternary nitrogens is 1. The first-order valence-electron chi connectivity index (χ1n) is 9.57. The molecule has 1 aromatic heterocycles. The van der Waals surface area contributed by atoms with Gasteiger partial charge in [-0.3, -0.25) is 10.1 Å². The summed E-state index contributed by atoms with van der Waals surface area (Å²) in [5.74, 6) is -0.185. The van der Waals surface area contributed by atoms with Crippen LogP contribution in [0.4, 0.5) is 0 Å². The molecule has 0 aliphatic heterocycles. The third kappa shape index (κ3) is 9.31. The topological polar surface area (TPSA) is 64.4 Å². The van der Waals surface area contributed by atoms with Gasteiger partial charge in [0.15, 0.2) is 0 Å². The number of hydrogen-bond donors (Lipinski definition) is 2. The van der Waals surface area contributed by atoms with Gasteiger partial charge in [0.1, 0.15) is 6.61 Å². The molecule has 1 aromatic rings. The van der Waals surface area contributed by atoms with Crippen molar-refractivity contribution in [2.24, 2.45) is 4.99 Å². The molecule has 0 radical (unpaired) electrons. The molecule has 0 saturated carbocycles. The first-order chi connectivity index (χ1) is 12.6. The Morgan fingerprint density at radius 2 is 2.08 bits per heavy atom. The van der Waals surface area contributed by atoms with E-state index in [-0.39, 0.29) is 18.0 Å². The molecule has 1 amide bonds. The Labute approximate surface area is 161 Å². The van der Waals surface area contributed by atoms with Gasteiger partial charge in [-0.1, -0.05) is 6.07 Å². The summed E-state index contributed by atoms with van der Waals surface area (Å²) in [6.07, 6.45) is 2.07. The quantitative estimate of drug-likeness (QED) is 0.329. The number of nitrogens with zero attached hydrogens (tertiary/aromatic N) is 1. The van der Waals surface area contributed by atoms with Gasteiger partial charge < -0.3 is 14.4 Å². The van der Waals surface area contributed by atoms with E-state index in [2.05, 4.69) is 31.1 Å². The van der Waals surface area contributed by atoms with Crippen molar-refractivity contribution in [3.63, 3.8) is 0 Å². The lowest BCUT2D eigenvalue weighted by Crippen LogP contribution is -3.11. The largest absolute Gasteiger partial charge is 0.463 e. The summed E-state index contributed by atoms with van der Waals surface area (Å²) in [5, 5.41) is 4.66. The number of amides is 1. The molecule has 7 heteroatoms. The van der Waals surface area contributed by atoms with E-state index < -0.39 is 0 Å². The molecule has 0 aliphatic carbocycles. The lowest BCUT2D eigenvalue weighted by Gasteiger charge is -2.16. The molecule has 6 nitrogen and oxygen atoms in total. The lowest BCUT2D eigenvalue weighted by atomic mass is 10.2. The highest BCUT2D eigenvalue weighted by molar-refractivity contribution is 7.12. The average Bonchev–Trinajstić information content (AvgIpc) is 3.17. The van der Waals surface area contributed by atoms with E-state index in [1.54, 1.807) is 11.0 Å². The van der Waals surface area contributed by atoms with Crippen LogP contribution in [0.15, 0.2) is 22.5 Å². The van der Waals surface area contributed by atoms with Crippen LogP contribution in [0.2, 0.25) is 0 Å². The average molecular weight is 385 g/mol. The molecule has 0 saturated heterocycles. The Hall–Kier alpha value is -1.44. The van der Waals surface area contributed by atoms with Gasteiger partial charge in [0.05, 0.1) is 37.2 Å². The molecule has 0 aliphatic rings. The zero-order chi connectivity index (χ0) is 19.2. The molecule has 0 fully saturated rings. The number of ether oxygens (including phenoxy) is 2. The highest BCUT2D eigenvalue weighted by Gasteiger charge is 2.13. The predicted octanol–water partition coefficient (Wildman–Crippen LogP) is 1.98. The lowest BCUT2D eigenvalue weighted by molar-refractivity contribution is -0.896. The Balaban J connectivity index is 2.57. The molecule has 1 heterocycles. The summed E-state index contributed by atoms with van der Waals surface area (Å²) >= 11 is 1.40. The third-order valence-corrected chi connectivity index (χ3v) is 4.99. The fourth-order valence-electron chi connectivity index (χ4n) is 2.53. The molecule has 0 spiro atoms. The highest BCUT2D eigenvalue weighted by atomic mass is 32.1. The van der Waals surface area contributed by atoms with Crippen molar-refractivity contribution in [2.45, 2.75) is 46.6 Å². The summed E-state index contributed by atoms with van der Waals surface area (Å²) in [7, 11) is 0. The van der Waals surface area contributed by atoms with Crippen LogP contribution in [0, 0.1) is 0 Å². The second-order valence-corrected chi connectivity index (χ2v) is 7.06. The first-order valence-corrected chi connectivity index (χ1v) is 10.4. The van der Waals surface area contributed by atoms with Crippen molar-refractivity contribution >= 4 is 23.3 Å². The molecule has 148 valence electrons. The third-order valence-electron chi connectivity index (χ3n) is 4.13. The second kappa shape index (κ2) is 13.7. The van der Waals surface area contributed by atoms with E-state index >= 15 is 0 Å². The van der Waals surface area contributed by atoms with Crippen LogP contribution < -0.4 is 10.2 Å². The van der Waals surface area contributed by atoms with Crippen LogP contribution in [0.1, 0.15) is 50.2 Å². The Morgan fingerprint density at radius 3 is 2.69 bits per heavy atom. The predicted molar refractivity (Wildman–Crippen MR) is 107 cm³/mol. The minimum Gasteiger partial charge on any atom is -0.463 e. The van der Waals surface area contributed by atoms with Crippen LogP contribution in [0.5, 0.6) is 0 Å². The Bertz CT molecular complexity index is 516. The van der Waals surface area contributed by atoms with Crippen LogP contribution in [-0.2, 0) is 9.47 Å². The fourth-order valence-corrected chi connectivity index (χ4v) is 3.15. The number of carbonyl (C=O) groups is 1. The number of aliphatic imine (C=N–C) groups is 1. The van der Waals surface area contributed by atoms with E-state index in [1.807, 2.05) is 18.4 Å². The van der Waals surface area contributed by atoms with Gasteiger partial charge in [0.25, 0.3) is 11.9 Å². The van der Waals surface area contributed by atoms with Gasteiger partial charge in [0, 0.05) is 6.61 Å². The molecule has 2 N–H and O–H groups in total. The van der Waals surface area contributed by atoms with Gasteiger partial charge in [-0.05, 0) is 52.0 Å². The van der Waals surface area contributed by atoms with Gasteiger partial charge in [-0.15, -0.1) is 11.3 Å². The van der Waals surface area contributed by atoms with E-state index in [0.29, 0.717) is 24.7 Å². The second-order valence-electron chi connectivity index (χ2n) is 6.11. The smallest absolute Gasteiger partial charge is 0.292 e. The number of nitrogens with one attached hydrogen (secondary N) is 2. The maximum absolute atomic E-state index is 12.3. The molecular formula is C19H34N3O3S+. The summed E-state index contributed by atoms with van der Waals surface area (Å²) in [5.41, 5.74) is 0. The number of rotatable bonds is 12. The molecule has 1 atom stereocenters. The van der Waals surface area contributed by atoms with Crippen molar-refractivity contribution in [2.75, 3.05) is 39.5 Å². The van der Waals surface area contributed by atoms with Gasteiger partial charge in [0.2, 0.25) is 0 Å². The van der Waals surface area contributed by atoms with Crippen molar-refractivity contribution in [1.82, 2.24) is 5.32 Å². The molecule has 0 bridgehead atoms. The standard InChI is InChI=1S/C19H33N3O3S/c1-5-22(6-2)12-8-10-16(4)20-19(25-14-13-24-7-3)21-18(23)17-11-9-15-26-17/h9,11,15-16H,5-8,10,12-14H2,1-4H3,(H,20,21,23)/p+1/t16-/m0/s1. The Morgan fingerprint density at radius 1 is 1.31 bits per heavy atom. The van der Waals surface area contributed by atoms with Crippen molar-refractivity contribution in [3.8, 4) is 0 Å². The van der Waals surface area contributed by atoms with Crippen LogP contribution >= 0.6 is 11.3 Å². The van der Waals surface area contributed by atoms with Crippen LogP contribution in [-0.4, -0.2) is 57.4 Å². The minimum absolute atomic E-state index is 0.0932. The zero-order valence-electron chi connectivity index (χ0n) is 16.5. The molecule has 1 rings (SSSR count). The van der Waals surface area contributed by atoms with Gasteiger partial charge in [-0.2, -0.15) is 0 Å². The van der Waals surface area contributed by atoms with Gasteiger partial charge >= 0.3 is 0 Å². The maximum atomic E-state index is 12.3. The summed E-state index contributed by atoms with van der Waals surface area (Å²) in [6, 6.07) is 4.01. The molecule has 0 aromatic carbocycles. The zero-order valence-corrected chi connectivity index (χ0v) is 17.4. The number of carbonyl (C=O) groups excluding carboxylic acids is 1. The van der Waals surface area contributed by atoms with Crippen molar-refractivity contribution in [1.29, 1.82) is 0 Å². The molecule has 0 unspecified atom stereocenters. The minimum atomic E-state index is -0.185. The van der Waals surface area contributed by atoms with Gasteiger partial charge in [-0.25, -0.2) is 4.99 Å². The summed E-state index contributed by atoms with van der Waals surface area (Å²) in [4.78, 5) is 19.1. The summed E-state index contributed by atoms with van der Waals surface area (Å²) < 4.78 is 10.9. The van der Waals surface area contributed by atoms with E-state index in [1.165, 1.54) is 11.3 Å². The maximum Gasteiger partial charge on any atom is 0.292 e. The monoisotopic (exact) mass is 384 g/mol. The van der Waals surface area contributed by atoms with E-state index in [9.17, 15) is 4.79 Å².